The molecule has 0 saturated heterocycles. The number of hydrogen-bond donors (Lipinski definition) is 1. The van der Waals surface area contributed by atoms with E-state index in [1.54, 1.807) is 19.9 Å². The summed E-state index contributed by atoms with van der Waals surface area (Å²) < 4.78 is 16.2. The van der Waals surface area contributed by atoms with Crippen LogP contribution in [0.25, 0.3) is 22.4 Å². The van der Waals surface area contributed by atoms with Gasteiger partial charge in [0.1, 0.15) is 17.6 Å². The fourth-order valence-corrected chi connectivity index (χ4v) is 3.82. The third kappa shape index (κ3) is 4.64. The predicted octanol–water partition coefficient (Wildman–Crippen LogP) is 4.31. The fourth-order valence-electron chi connectivity index (χ4n) is 3.82. The van der Waals surface area contributed by atoms with Crippen molar-refractivity contribution in [2.45, 2.75) is 40.2 Å². The Morgan fingerprint density at radius 3 is 2.55 bits per heavy atom. The van der Waals surface area contributed by atoms with Gasteiger partial charge in [-0.25, -0.2) is 9.78 Å². The second-order valence-electron chi connectivity index (χ2n) is 7.80. The number of hydrogen-bond acceptors (Lipinski definition) is 7. The molecule has 0 spiro atoms. The van der Waals surface area contributed by atoms with Gasteiger partial charge >= 0.3 is 5.97 Å². The van der Waals surface area contributed by atoms with Gasteiger partial charge in [0.2, 0.25) is 0 Å². The molecule has 3 aromatic heterocycles. The number of aromatic nitrogens is 2. The monoisotopic (exact) mass is 447 g/mol. The Balaban J connectivity index is 1.73. The van der Waals surface area contributed by atoms with Gasteiger partial charge in [0.25, 0.3) is 11.6 Å². The molecule has 4 aromatic rings. The summed E-state index contributed by atoms with van der Waals surface area (Å²) in [6.45, 7) is 7.36. The third-order valence-corrected chi connectivity index (χ3v) is 5.34. The number of aryl methyl sites for hydroxylation is 3. The van der Waals surface area contributed by atoms with Crippen molar-refractivity contribution in [1.82, 2.24) is 15.5 Å². The molecule has 0 radical (unpaired) electrons. The van der Waals surface area contributed by atoms with Crippen molar-refractivity contribution in [2.24, 2.45) is 0 Å². The summed E-state index contributed by atoms with van der Waals surface area (Å²) in [6, 6.07) is 12.1. The van der Waals surface area contributed by atoms with Crippen molar-refractivity contribution in [3.63, 3.8) is 0 Å². The Morgan fingerprint density at radius 2 is 1.88 bits per heavy atom. The number of rotatable bonds is 7. The SMILES string of the molecule is CCOC(=O)C(Cc1ccccc1)NC(=O)c1cc(-c2cc(C)oc2C)nc2onc(C)c12. The van der Waals surface area contributed by atoms with Crippen LogP contribution in [-0.4, -0.2) is 34.7 Å². The first-order chi connectivity index (χ1) is 15.9. The van der Waals surface area contributed by atoms with Crippen LogP contribution in [0, 0.1) is 20.8 Å². The zero-order valence-corrected chi connectivity index (χ0v) is 19.0. The van der Waals surface area contributed by atoms with Gasteiger partial charge in [-0.3, -0.25) is 4.79 Å². The summed E-state index contributed by atoms with van der Waals surface area (Å²) >= 11 is 0. The van der Waals surface area contributed by atoms with Gasteiger partial charge in [-0.2, -0.15) is 0 Å². The van der Waals surface area contributed by atoms with Crippen LogP contribution < -0.4 is 5.32 Å². The number of fused-ring (bicyclic) bond motifs is 1. The number of furan rings is 1. The highest BCUT2D eigenvalue weighted by atomic mass is 16.5. The first-order valence-corrected chi connectivity index (χ1v) is 10.7. The zero-order chi connectivity index (χ0) is 23.5. The molecular formula is C25H25N3O5. The lowest BCUT2D eigenvalue weighted by Gasteiger charge is -2.18. The van der Waals surface area contributed by atoms with Crippen LogP contribution in [0.1, 0.15) is 40.1 Å². The molecule has 1 N–H and O–H groups in total. The van der Waals surface area contributed by atoms with Crippen LogP contribution in [0.5, 0.6) is 0 Å². The molecule has 1 aromatic carbocycles. The Hall–Kier alpha value is -3.94. The molecule has 3 heterocycles. The highest BCUT2D eigenvalue weighted by molar-refractivity contribution is 6.08. The van der Waals surface area contributed by atoms with Gasteiger partial charge in [-0.15, -0.1) is 0 Å². The first kappa shape index (κ1) is 22.3. The van der Waals surface area contributed by atoms with Gasteiger partial charge in [0.15, 0.2) is 0 Å². The van der Waals surface area contributed by atoms with Crippen molar-refractivity contribution in [3.8, 4) is 11.3 Å². The highest BCUT2D eigenvalue weighted by Gasteiger charge is 2.26. The van der Waals surface area contributed by atoms with E-state index in [2.05, 4.69) is 15.5 Å². The molecule has 8 nitrogen and oxygen atoms in total. The highest BCUT2D eigenvalue weighted by Crippen LogP contribution is 2.30. The third-order valence-electron chi connectivity index (χ3n) is 5.34. The minimum atomic E-state index is -0.857. The lowest BCUT2D eigenvalue weighted by molar-refractivity contribution is -0.145. The average Bonchev–Trinajstić information content (AvgIpc) is 3.34. The summed E-state index contributed by atoms with van der Waals surface area (Å²) in [5.74, 6) is 0.468. The van der Waals surface area contributed by atoms with Crippen molar-refractivity contribution >= 4 is 23.0 Å². The summed E-state index contributed by atoms with van der Waals surface area (Å²) in [5.41, 5.74) is 3.27. The van der Waals surface area contributed by atoms with E-state index in [0.29, 0.717) is 34.5 Å². The molecule has 170 valence electrons. The number of esters is 1. The average molecular weight is 447 g/mol. The molecule has 0 aliphatic carbocycles. The summed E-state index contributed by atoms with van der Waals surface area (Å²) in [6.07, 6.45) is 0.301. The maximum atomic E-state index is 13.5. The Morgan fingerprint density at radius 1 is 1.12 bits per heavy atom. The summed E-state index contributed by atoms with van der Waals surface area (Å²) in [5, 5.41) is 7.32. The minimum absolute atomic E-state index is 0.216. The number of carbonyl (C=O) groups excluding carboxylic acids is 2. The number of ether oxygens (including phenoxy) is 1. The molecule has 0 saturated carbocycles. The van der Waals surface area contributed by atoms with Gasteiger partial charge in [-0.1, -0.05) is 35.5 Å². The number of pyridine rings is 1. The maximum Gasteiger partial charge on any atom is 0.328 e. The minimum Gasteiger partial charge on any atom is -0.466 e. The largest absolute Gasteiger partial charge is 0.466 e. The quantitative estimate of drug-likeness (QED) is 0.421. The standard InChI is InChI=1S/C25H25N3O5/c1-5-31-25(30)21(12-17-9-7-6-8-10-17)26-23(29)19-13-20(18-11-14(2)32-16(18)4)27-24-22(19)15(3)28-33-24/h6-11,13,21H,5,12H2,1-4H3,(H,26,29). The van der Waals surface area contributed by atoms with Crippen LogP contribution in [0.3, 0.4) is 0 Å². The topological polar surface area (TPSA) is 107 Å². The van der Waals surface area contributed by atoms with Gasteiger partial charge in [-0.05, 0) is 45.4 Å². The van der Waals surface area contributed by atoms with E-state index in [4.69, 9.17) is 13.7 Å². The maximum absolute atomic E-state index is 13.5. The second-order valence-corrected chi connectivity index (χ2v) is 7.80. The number of nitrogens with one attached hydrogen (secondary N) is 1. The van der Waals surface area contributed by atoms with Gasteiger partial charge < -0.3 is 19.0 Å². The Bertz CT molecular complexity index is 1310. The van der Waals surface area contributed by atoms with E-state index >= 15 is 0 Å². The summed E-state index contributed by atoms with van der Waals surface area (Å²) in [4.78, 5) is 30.6. The van der Waals surface area contributed by atoms with E-state index in [1.807, 2.05) is 50.2 Å². The second kappa shape index (κ2) is 9.28. The molecule has 0 aliphatic rings. The van der Waals surface area contributed by atoms with Crippen LogP contribution in [0.4, 0.5) is 0 Å². The van der Waals surface area contributed by atoms with Crippen LogP contribution in [0.2, 0.25) is 0 Å². The molecule has 0 aliphatic heterocycles. The van der Waals surface area contributed by atoms with Crippen molar-refractivity contribution < 1.29 is 23.3 Å². The molecule has 1 atom stereocenters. The summed E-state index contributed by atoms with van der Waals surface area (Å²) in [7, 11) is 0. The number of amides is 1. The molecular weight excluding hydrogens is 422 g/mol. The van der Waals surface area contributed by atoms with Crippen molar-refractivity contribution in [1.29, 1.82) is 0 Å². The molecule has 0 bridgehead atoms. The van der Waals surface area contributed by atoms with E-state index in [9.17, 15) is 9.59 Å². The van der Waals surface area contributed by atoms with Crippen LogP contribution in [0.15, 0.2) is 51.4 Å². The lowest BCUT2D eigenvalue weighted by atomic mass is 10.0. The van der Waals surface area contributed by atoms with E-state index in [1.165, 1.54) is 0 Å². The van der Waals surface area contributed by atoms with Gasteiger partial charge in [0, 0.05) is 12.0 Å². The Kier molecular flexibility index (Phi) is 6.26. The number of carbonyl (C=O) groups is 2. The van der Waals surface area contributed by atoms with Crippen molar-refractivity contribution in [3.05, 3.63) is 70.8 Å². The van der Waals surface area contributed by atoms with Crippen LogP contribution in [-0.2, 0) is 16.0 Å². The molecule has 8 heteroatoms. The van der Waals surface area contributed by atoms with E-state index in [-0.39, 0.29) is 12.3 Å². The van der Waals surface area contributed by atoms with E-state index in [0.717, 1.165) is 16.9 Å². The molecule has 1 amide bonds. The van der Waals surface area contributed by atoms with Gasteiger partial charge in [0.05, 0.1) is 28.9 Å². The van der Waals surface area contributed by atoms with Crippen molar-refractivity contribution in [2.75, 3.05) is 6.61 Å². The molecule has 33 heavy (non-hydrogen) atoms. The fraction of sp³-hybridized carbons (Fsp3) is 0.280. The normalized spacial score (nSPS) is 12.0. The Labute approximate surface area is 190 Å². The smallest absolute Gasteiger partial charge is 0.328 e. The number of benzene rings is 1. The molecule has 4 rings (SSSR count). The molecule has 0 fully saturated rings. The van der Waals surface area contributed by atoms with Crippen LogP contribution >= 0.6 is 0 Å². The first-order valence-electron chi connectivity index (χ1n) is 10.7. The predicted molar refractivity (Wildman–Crippen MR) is 122 cm³/mol. The molecule has 1 unspecified atom stereocenters. The van der Waals surface area contributed by atoms with E-state index < -0.39 is 17.9 Å². The lowest BCUT2D eigenvalue weighted by Crippen LogP contribution is -2.43. The zero-order valence-electron chi connectivity index (χ0n) is 19.0. The number of nitrogens with zero attached hydrogens (tertiary/aromatic N) is 2.